The van der Waals surface area contributed by atoms with Crippen LogP contribution in [0.15, 0.2) is 60.7 Å². The molecule has 0 aliphatic carbocycles. The predicted molar refractivity (Wildman–Crippen MR) is 89.3 cm³/mol. The van der Waals surface area contributed by atoms with E-state index in [0.29, 0.717) is 5.69 Å². The summed E-state index contributed by atoms with van der Waals surface area (Å²) < 4.78 is 19.7. The van der Waals surface area contributed by atoms with Crippen LogP contribution in [0.2, 0.25) is 0 Å². The molecule has 0 unspecified atom stereocenters. The van der Waals surface area contributed by atoms with Crippen LogP contribution in [0.4, 0.5) is 10.1 Å². The van der Waals surface area contributed by atoms with Gasteiger partial charge in [-0.15, -0.1) is 0 Å². The highest BCUT2D eigenvalue weighted by atomic mass is 19.1. The van der Waals surface area contributed by atoms with Crippen molar-refractivity contribution < 1.29 is 18.7 Å². The standard InChI is InChI=1S/C18H14FN3O3/c1-25-18(24)15-11-16(22(21-15)12-7-3-2-4-8-12)17(23)20-14-10-6-5-9-13(14)19/h2-11H,1H3,(H,20,23). The molecule has 7 heteroatoms. The lowest BCUT2D eigenvalue weighted by Crippen LogP contribution is -2.17. The highest BCUT2D eigenvalue weighted by Crippen LogP contribution is 2.17. The zero-order valence-corrected chi connectivity index (χ0v) is 13.3. The lowest BCUT2D eigenvalue weighted by Gasteiger charge is -2.08. The van der Waals surface area contributed by atoms with E-state index in [0.717, 1.165) is 0 Å². The number of hydrogen-bond donors (Lipinski definition) is 1. The third-order valence-electron chi connectivity index (χ3n) is 3.46. The number of nitrogens with zero attached hydrogens (tertiary/aromatic N) is 2. The number of anilines is 1. The Morgan fingerprint density at radius 2 is 1.76 bits per heavy atom. The molecular weight excluding hydrogens is 325 g/mol. The SMILES string of the molecule is COC(=O)c1cc(C(=O)Nc2ccccc2F)n(-c2ccccc2)n1. The number of nitrogens with one attached hydrogen (secondary N) is 1. The van der Waals surface area contributed by atoms with E-state index < -0.39 is 17.7 Å². The molecular formula is C18H14FN3O3. The maximum atomic E-state index is 13.8. The number of benzene rings is 2. The van der Waals surface area contributed by atoms with Gasteiger partial charge in [-0.2, -0.15) is 5.10 Å². The summed E-state index contributed by atoms with van der Waals surface area (Å²) in [5, 5.41) is 6.60. The molecule has 0 fully saturated rings. The number of ether oxygens (including phenoxy) is 1. The van der Waals surface area contributed by atoms with Crippen LogP contribution in [0.25, 0.3) is 5.69 Å². The van der Waals surface area contributed by atoms with Gasteiger partial charge in [0.1, 0.15) is 11.5 Å². The molecule has 1 N–H and O–H groups in total. The van der Waals surface area contributed by atoms with Crippen LogP contribution in [0.1, 0.15) is 21.0 Å². The van der Waals surface area contributed by atoms with Gasteiger partial charge in [-0.1, -0.05) is 30.3 Å². The molecule has 0 aliphatic rings. The first kappa shape index (κ1) is 16.4. The first-order valence-corrected chi connectivity index (χ1v) is 7.40. The van der Waals surface area contributed by atoms with Gasteiger partial charge in [0.25, 0.3) is 5.91 Å². The first-order chi connectivity index (χ1) is 12.1. The van der Waals surface area contributed by atoms with Crippen molar-refractivity contribution >= 4 is 17.6 Å². The van der Waals surface area contributed by atoms with Crippen molar-refractivity contribution in [3.8, 4) is 5.69 Å². The molecule has 3 rings (SSSR count). The van der Waals surface area contributed by atoms with Crippen LogP contribution >= 0.6 is 0 Å². The molecule has 2 aromatic carbocycles. The van der Waals surface area contributed by atoms with Gasteiger partial charge in [-0.05, 0) is 24.3 Å². The zero-order chi connectivity index (χ0) is 17.8. The van der Waals surface area contributed by atoms with Gasteiger partial charge in [0, 0.05) is 6.07 Å². The summed E-state index contributed by atoms with van der Waals surface area (Å²) >= 11 is 0. The van der Waals surface area contributed by atoms with Crippen molar-refractivity contribution in [2.45, 2.75) is 0 Å². The second kappa shape index (κ2) is 6.96. The molecule has 0 aliphatic heterocycles. The first-order valence-electron chi connectivity index (χ1n) is 7.40. The molecule has 1 aromatic heterocycles. The van der Waals surface area contributed by atoms with Crippen molar-refractivity contribution in [3.05, 3.63) is 77.9 Å². The predicted octanol–water partition coefficient (Wildman–Crippen LogP) is 3.05. The minimum Gasteiger partial charge on any atom is -0.464 e. The minimum absolute atomic E-state index is 0.0231. The second-order valence-electron chi connectivity index (χ2n) is 5.09. The molecule has 0 bridgehead atoms. The number of aromatic nitrogens is 2. The fraction of sp³-hybridized carbons (Fsp3) is 0.0556. The summed E-state index contributed by atoms with van der Waals surface area (Å²) in [5.74, 6) is -1.83. The molecule has 0 spiro atoms. The summed E-state index contributed by atoms with van der Waals surface area (Å²) in [6.45, 7) is 0. The maximum Gasteiger partial charge on any atom is 0.358 e. The lowest BCUT2D eigenvalue weighted by atomic mass is 10.2. The summed E-state index contributed by atoms with van der Waals surface area (Å²) in [6.07, 6.45) is 0. The summed E-state index contributed by atoms with van der Waals surface area (Å²) in [4.78, 5) is 24.3. The Morgan fingerprint density at radius 1 is 1.08 bits per heavy atom. The van der Waals surface area contributed by atoms with Gasteiger partial charge >= 0.3 is 5.97 Å². The van der Waals surface area contributed by atoms with E-state index in [2.05, 4.69) is 15.2 Å². The van der Waals surface area contributed by atoms with Crippen molar-refractivity contribution in [3.63, 3.8) is 0 Å². The number of amides is 1. The minimum atomic E-state index is -0.672. The van der Waals surface area contributed by atoms with Crippen LogP contribution in [0, 0.1) is 5.82 Å². The Hall–Kier alpha value is -3.48. The van der Waals surface area contributed by atoms with Crippen molar-refractivity contribution in [2.75, 3.05) is 12.4 Å². The lowest BCUT2D eigenvalue weighted by molar-refractivity contribution is 0.0593. The second-order valence-corrected chi connectivity index (χ2v) is 5.09. The zero-order valence-electron chi connectivity index (χ0n) is 13.3. The average molecular weight is 339 g/mol. The number of halogens is 1. The van der Waals surface area contributed by atoms with E-state index in [1.165, 1.54) is 36.1 Å². The average Bonchev–Trinajstić information content (AvgIpc) is 3.09. The van der Waals surface area contributed by atoms with Gasteiger partial charge < -0.3 is 10.1 Å². The topological polar surface area (TPSA) is 73.2 Å². The van der Waals surface area contributed by atoms with Crippen LogP contribution in [-0.2, 0) is 4.74 Å². The third-order valence-corrected chi connectivity index (χ3v) is 3.46. The number of para-hydroxylation sites is 2. The van der Waals surface area contributed by atoms with Crippen LogP contribution in [0.5, 0.6) is 0 Å². The highest BCUT2D eigenvalue weighted by Gasteiger charge is 2.21. The number of methoxy groups -OCH3 is 1. The third kappa shape index (κ3) is 3.40. The van der Waals surface area contributed by atoms with E-state index in [1.54, 1.807) is 30.3 Å². The Labute approximate surface area is 142 Å². The smallest absolute Gasteiger partial charge is 0.358 e. The van der Waals surface area contributed by atoms with Gasteiger partial charge in [-0.3, -0.25) is 4.79 Å². The van der Waals surface area contributed by atoms with E-state index >= 15 is 0 Å². The van der Waals surface area contributed by atoms with E-state index in [1.807, 2.05) is 6.07 Å². The largest absolute Gasteiger partial charge is 0.464 e. The molecule has 6 nitrogen and oxygen atoms in total. The van der Waals surface area contributed by atoms with Crippen LogP contribution in [0.3, 0.4) is 0 Å². The quantitative estimate of drug-likeness (QED) is 0.742. The molecule has 126 valence electrons. The van der Waals surface area contributed by atoms with Crippen molar-refractivity contribution in [2.24, 2.45) is 0 Å². The number of esters is 1. The Morgan fingerprint density at radius 3 is 2.44 bits per heavy atom. The maximum absolute atomic E-state index is 13.8. The van der Waals surface area contributed by atoms with E-state index in [4.69, 9.17) is 0 Å². The van der Waals surface area contributed by atoms with E-state index in [-0.39, 0.29) is 17.1 Å². The Balaban J connectivity index is 2.02. The van der Waals surface area contributed by atoms with Gasteiger partial charge in [-0.25, -0.2) is 13.9 Å². The fourth-order valence-corrected chi connectivity index (χ4v) is 2.26. The number of hydrogen-bond acceptors (Lipinski definition) is 4. The van der Waals surface area contributed by atoms with Gasteiger partial charge in [0.15, 0.2) is 5.69 Å². The summed E-state index contributed by atoms with van der Waals surface area (Å²) in [6, 6.07) is 15.9. The highest BCUT2D eigenvalue weighted by molar-refractivity contribution is 6.04. The summed E-state index contributed by atoms with van der Waals surface area (Å²) in [7, 11) is 1.23. The van der Waals surface area contributed by atoms with Gasteiger partial charge in [0.2, 0.25) is 0 Å². The van der Waals surface area contributed by atoms with Crippen LogP contribution in [-0.4, -0.2) is 28.8 Å². The summed E-state index contributed by atoms with van der Waals surface area (Å²) in [5.41, 5.74) is 0.671. The number of rotatable bonds is 4. The van der Waals surface area contributed by atoms with Crippen molar-refractivity contribution in [1.29, 1.82) is 0 Å². The number of carbonyl (C=O) groups excluding carboxylic acids is 2. The van der Waals surface area contributed by atoms with E-state index in [9.17, 15) is 14.0 Å². The molecule has 0 saturated heterocycles. The number of carbonyl (C=O) groups is 2. The van der Waals surface area contributed by atoms with Gasteiger partial charge in [0.05, 0.1) is 18.5 Å². The van der Waals surface area contributed by atoms with Crippen LogP contribution < -0.4 is 5.32 Å². The molecule has 3 aromatic rings. The monoisotopic (exact) mass is 339 g/mol. The molecule has 25 heavy (non-hydrogen) atoms. The Kier molecular flexibility index (Phi) is 4.56. The molecule has 1 amide bonds. The normalized spacial score (nSPS) is 10.3. The van der Waals surface area contributed by atoms with Crippen molar-refractivity contribution in [1.82, 2.24) is 9.78 Å². The Bertz CT molecular complexity index is 922. The molecule has 0 atom stereocenters. The molecule has 0 radical (unpaired) electrons. The molecule has 0 saturated carbocycles. The molecule has 1 heterocycles. The fourth-order valence-electron chi connectivity index (χ4n) is 2.26.